The van der Waals surface area contributed by atoms with Gasteiger partial charge in [-0.15, -0.1) is 24.0 Å². The third-order valence-electron chi connectivity index (χ3n) is 3.13. The molecule has 122 valence electrons. The highest BCUT2D eigenvalue weighted by Gasteiger charge is 2.09. The molecule has 0 unspecified atom stereocenters. The van der Waals surface area contributed by atoms with E-state index in [2.05, 4.69) is 32.3 Å². The molecule has 6 nitrogen and oxygen atoms in total. The maximum Gasteiger partial charge on any atom is 0.194 e. The van der Waals surface area contributed by atoms with Crippen molar-refractivity contribution in [2.75, 3.05) is 13.6 Å². The molecule has 0 saturated carbocycles. The van der Waals surface area contributed by atoms with Gasteiger partial charge >= 0.3 is 0 Å². The van der Waals surface area contributed by atoms with Crippen LogP contribution >= 0.6 is 35.6 Å². The van der Waals surface area contributed by atoms with Crippen LogP contribution in [-0.2, 0) is 20.1 Å². The number of guanidine groups is 1. The van der Waals surface area contributed by atoms with Gasteiger partial charge in [0.2, 0.25) is 0 Å². The van der Waals surface area contributed by atoms with E-state index in [-0.39, 0.29) is 24.0 Å². The smallest absolute Gasteiger partial charge is 0.194 e. The van der Waals surface area contributed by atoms with Crippen LogP contribution in [0.2, 0.25) is 5.02 Å². The molecule has 0 atom stereocenters. The fraction of sp³-hybridized carbons (Fsp3) is 0.429. The molecule has 0 saturated heterocycles. The minimum atomic E-state index is 0. The Bertz CT molecular complexity index is 593. The summed E-state index contributed by atoms with van der Waals surface area (Å²) in [5.41, 5.74) is 2.12. The first kappa shape index (κ1) is 18.8. The molecule has 0 fully saturated rings. The number of aromatic nitrogens is 3. The van der Waals surface area contributed by atoms with Gasteiger partial charge in [-0.25, -0.2) is 4.99 Å². The van der Waals surface area contributed by atoms with Crippen LogP contribution in [0.15, 0.2) is 29.5 Å². The Kier molecular flexibility index (Phi) is 7.74. The number of H-pyrrole nitrogens is 1. The van der Waals surface area contributed by atoms with Crippen LogP contribution in [0.25, 0.3) is 0 Å². The summed E-state index contributed by atoms with van der Waals surface area (Å²) in [6.45, 7) is 4.18. The number of nitrogens with zero attached hydrogens (tertiary/aromatic N) is 4. The number of rotatable bonds is 5. The van der Waals surface area contributed by atoms with Gasteiger partial charge in [0.1, 0.15) is 0 Å². The van der Waals surface area contributed by atoms with E-state index in [0.717, 1.165) is 35.5 Å². The highest BCUT2D eigenvalue weighted by Crippen LogP contribution is 2.14. The first-order chi connectivity index (χ1) is 10.1. The molecule has 0 spiro atoms. The van der Waals surface area contributed by atoms with Gasteiger partial charge in [0.25, 0.3) is 0 Å². The van der Waals surface area contributed by atoms with E-state index < -0.39 is 0 Å². The van der Waals surface area contributed by atoms with Crippen molar-refractivity contribution in [2.45, 2.75) is 20.0 Å². The van der Waals surface area contributed by atoms with Crippen LogP contribution in [0.3, 0.4) is 0 Å². The van der Waals surface area contributed by atoms with Crippen LogP contribution in [0.5, 0.6) is 0 Å². The van der Waals surface area contributed by atoms with Gasteiger partial charge in [0.15, 0.2) is 5.96 Å². The normalized spacial score (nSPS) is 11.2. The minimum Gasteiger partial charge on any atom is -0.357 e. The summed E-state index contributed by atoms with van der Waals surface area (Å²) in [6.07, 6.45) is 3.63. The van der Waals surface area contributed by atoms with Gasteiger partial charge in [-0.3, -0.25) is 5.10 Å². The summed E-state index contributed by atoms with van der Waals surface area (Å²) in [4.78, 5) is 6.68. The zero-order valence-corrected chi connectivity index (χ0v) is 16.1. The summed E-state index contributed by atoms with van der Waals surface area (Å²) in [5.74, 6) is 0.851. The van der Waals surface area contributed by atoms with Crippen molar-refractivity contribution in [1.82, 2.24) is 25.0 Å². The van der Waals surface area contributed by atoms with Gasteiger partial charge in [0.05, 0.1) is 23.8 Å². The molecule has 2 N–H and O–H groups in total. The Morgan fingerprint density at radius 1 is 1.55 bits per heavy atom. The summed E-state index contributed by atoms with van der Waals surface area (Å²) in [7, 11) is 4.00. The van der Waals surface area contributed by atoms with Crippen LogP contribution in [-0.4, -0.2) is 39.2 Å². The molecule has 2 heterocycles. The maximum absolute atomic E-state index is 6.02. The maximum atomic E-state index is 6.02. The monoisotopic (exact) mass is 436 g/mol. The topological polar surface area (TPSA) is 61.2 Å². The van der Waals surface area contributed by atoms with Crippen LogP contribution in [0, 0.1) is 0 Å². The first-order valence-corrected chi connectivity index (χ1v) is 7.26. The Labute approximate surface area is 153 Å². The van der Waals surface area contributed by atoms with Crippen molar-refractivity contribution in [3.05, 3.63) is 40.9 Å². The number of halogens is 2. The molecule has 0 amide bonds. The van der Waals surface area contributed by atoms with Crippen LogP contribution < -0.4 is 5.32 Å². The molecule has 2 rings (SSSR count). The molecule has 0 aliphatic carbocycles. The molecule has 0 radical (unpaired) electrons. The highest BCUT2D eigenvalue weighted by atomic mass is 127. The second kappa shape index (κ2) is 9.04. The lowest BCUT2D eigenvalue weighted by Gasteiger charge is -2.22. The van der Waals surface area contributed by atoms with Gasteiger partial charge in [-0.2, -0.15) is 5.10 Å². The molecule has 2 aromatic heterocycles. The molecule has 22 heavy (non-hydrogen) atoms. The largest absolute Gasteiger partial charge is 0.357 e. The molecule has 0 aromatic carbocycles. The second-order valence-electron chi connectivity index (χ2n) is 4.87. The average Bonchev–Trinajstić information content (AvgIpc) is 3.05. The molecule has 0 aliphatic rings. The summed E-state index contributed by atoms with van der Waals surface area (Å²) in [5, 5.41) is 10.9. The Hall–Kier alpha value is -1.22. The van der Waals surface area contributed by atoms with Crippen molar-refractivity contribution in [2.24, 2.45) is 12.0 Å². The van der Waals surface area contributed by atoms with Crippen LogP contribution in [0.4, 0.5) is 0 Å². The van der Waals surface area contributed by atoms with E-state index in [1.54, 1.807) is 6.20 Å². The Balaban J connectivity index is 0.00000242. The fourth-order valence-electron chi connectivity index (χ4n) is 2.04. The third-order valence-corrected chi connectivity index (χ3v) is 3.33. The summed E-state index contributed by atoms with van der Waals surface area (Å²) in [6, 6.07) is 3.89. The number of aromatic amines is 1. The van der Waals surface area contributed by atoms with Crippen molar-refractivity contribution in [3.63, 3.8) is 0 Å². The predicted octanol–water partition coefficient (Wildman–Crippen LogP) is 2.62. The Morgan fingerprint density at radius 2 is 2.32 bits per heavy atom. The molecule has 0 aliphatic heterocycles. The number of hydrogen-bond acceptors (Lipinski definition) is 2. The lowest BCUT2D eigenvalue weighted by molar-refractivity contribution is 0.461. The number of hydrogen-bond donors (Lipinski definition) is 2. The third kappa shape index (κ3) is 5.20. The van der Waals surface area contributed by atoms with E-state index in [9.17, 15) is 0 Å². The quantitative estimate of drug-likeness (QED) is 0.430. The highest BCUT2D eigenvalue weighted by molar-refractivity contribution is 14.0. The standard InChI is InChI=1S/C14H21ClN6.HI/c1-4-16-14(17-8-12-5-6-18-19-12)21(3)10-13-7-11(15)9-20(13)2;/h5-7,9H,4,8,10H2,1-3H3,(H,16,17)(H,18,19);1H. The lowest BCUT2D eigenvalue weighted by atomic mass is 10.4. The van der Waals surface area contributed by atoms with E-state index in [1.165, 1.54) is 0 Å². The molecule has 0 bridgehead atoms. The second-order valence-corrected chi connectivity index (χ2v) is 5.31. The van der Waals surface area contributed by atoms with E-state index in [1.807, 2.05) is 37.0 Å². The zero-order chi connectivity index (χ0) is 15.2. The van der Waals surface area contributed by atoms with Crippen molar-refractivity contribution in [3.8, 4) is 0 Å². The molecule has 2 aromatic rings. The molecule has 8 heteroatoms. The fourth-order valence-corrected chi connectivity index (χ4v) is 2.32. The lowest BCUT2D eigenvalue weighted by Crippen LogP contribution is -2.38. The minimum absolute atomic E-state index is 0. The van der Waals surface area contributed by atoms with Gasteiger partial charge in [-0.1, -0.05) is 11.6 Å². The van der Waals surface area contributed by atoms with E-state index >= 15 is 0 Å². The summed E-state index contributed by atoms with van der Waals surface area (Å²) >= 11 is 6.02. The Morgan fingerprint density at radius 3 is 2.86 bits per heavy atom. The van der Waals surface area contributed by atoms with Crippen molar-refractivity contribution >= 4 is 41.5 Å². The van der Waals surface area contributed by atoms with E-state index in [4.69, 9.17) is 11.6 Å². The SMILES string of the molecule is CCNC(=NCc1ccn[nH]1)N(C)Cc1cc(Cl)cn1C.I. The number of nitrogens with one attached hydrogen (secondary N) is 2. The molecular formula is C14H22ClIN6. The van der Waals surface area contributed by atoms with E-state index in [0.29, 0.717) is 6.54 Å². The predicted molar refractivity (Wildman–Crippen MR) is 101 cm³/mol. The van der Waals surface area contributed by atoms with Crippen molar-refractivity contribution in [1.29, 1.82) is 0 Å². The van der Waals surface area contributed by atoms with Gasteiger partial charge in [0, 0.05) is 38.7 Å². The van der Waals surface area contributed by atoms with Crippen LogP contribution in [0.1, 0.15) is 18.3 Å². The molecular weight excluding hydrogens is 415 g/mol. The van der Waals surface area contributed by atoms with Gasteiger partial charge in [-0.05, 0) is 19.1 Å². The van der Waals surface area contributed by atoms with Gasteiger partial charge < -0.3 is 14.8 Å². The zero-order valence-electron chi connectivity index (χ0n) is 13.0. The summed E-state index contributed by atoms with van der Waals surface area (Å²) < 4.78 is 2.03. The average molecular weight is 437 g/mol. The van der Waals surface area contributed by atoms with Crippen molar-refractivity contribution < 1.29 is 0 Å². The number of aliphatic imine (C=N–C) groups is 1. The first-order valence-electron chi connectivity index (χ1n) is 6.88. The number of aryl methyl sites for hydroxylation is 1.